The van der Waals surface area contributed by atoms with Crippen LogP contribution in [-0.4, -0.2) is 17.5 Å². The van der Waals surface area contributed by atoms with Crippen LogP contribution in [0.2, 0.25) is 0 Å². The molecular weight excluding hydrogens is 128 g/mol. The van der Waals surface area contributed by atoms with Crippen molar-refractivity contribution < 1.29 is 5.48 Å². The second-order valence-electron chi connectivity index (χ2n) is 1.45. The Kier molecular flexibility index (Phi) is 9.89. The Balaban J connectivity index is 0. The van der Waals surface area contributed by atoms with Crippen LogP contribution in [0.3, 0.4) is 0 Å². The lowest BCUT2D eigenvalue weighted by Gasteiger charge is -1.97. The highest BCUT2D eigenvalue weighted by molar-refractivity contribution is 6.20. The molecule has 0 aliphatic heterocycles. The molecule has 1 atom stereocenters. The molecule has 6 N–H and O–H groups in total. The molecule has 0 spiro atoms. The Morgan fingerprint density at radius 2 is 2.00 bits per heavy atom. The van der Waals surface area contributed by atoms with Crippen LogP contribution in [0.25, 0.3) is 0 Å². The summed E-state index contributed by atoms with van der Waals surface area (Å²) in [6.45, 7) is 0.681. The van der Waals surface area contributed by atoms with Crippen LogP contribution >= 0.6 is 11.6 Å². The SMILES string of the molecule is NCCCC(N)Cl.O. The van der Waals surface area contributed by atoms with E-state index in [1.165, 1.54) is 0 Å². The zero-order valence-electron chi connectivity index (χ0n) is 4.73. The van der Waals surface area contributed by atoms with Gasteiger partial charge in [0.15, 0.2) is 0 Å². The van der Waals surface area contributed by atoms with Gasteiger partial charge in [-0.05, 0) is 19.4 Å². The van der Waals surface area contributed by atoms with Gasteiger partial charge < -0.3 is 16.9 Å². The molecule has 0 rings (SSSR count). The molecule has 4 heteroatoms. The molecule has 0 aromatic heterocycles. The van der Waals surface area contributed by atoms with Gasteiger partial charge in [-0.15, -0.1) is 11.6 Å². The maximum absolute atomic E-state index is 5.38. The number of hydrogen-bond acceptors (Lipinski definition) is 2. The molecule has 0 amide bonds. The first-order chi connectivity index (χ1) is 3.27. The molecular formula is C4H13ClN2O. The van der Waals surface area contributed by atoms with E-state index in [4.69, 9.17) is 23.1 Å². The second kappa shape index (κ2) is 7.17. The van der Waals surface area contributed by atoms with E-state index in [9.17, 15) is 0 Å². The predicted octanol–water partition coefficient (Wildman–Crippen LogP) is -0.576. The van der Waals surface area contributed by atoms with Gasteiger partial charge >= 0.3 is 0 Å². The average molecular weight is 141 g/mol. The van der Waals surface area contributed by atoms with Gasteiger partial charge in [0, 0.05) is 0 Å². The van der Waals surface area contributed by atoms with Gasteiger partial charge in [-0.25, -0.2) is 0 Å². The van der Waals surface area contributed by atoms with Crippen LogP contribution in [0.4, 0.5) is 0 Å². The van der Waals surface area contributed by atoms with Crippen molar-refractivity contribution in [3.63, 3.8) is 0 Å². The molecule has 0 bridgehead atoms. The van der Waals surface area contributed by atoms with Crippen LogP contribution in [0.15, 0.2) is 0 Å². The minimum Gasteiger partial charge on any atom is -0.412 e. The van der Waals surface area contributed by atoms with Crippen molar-refractivity contribution in [2.75, 3.05) is 6.54 Å². The van der Waals surface area contributed by atoms with Crippen molar-refractivity contribution in [1.29, 1.82) is 0 Å². The zero-order chi connectivity index (χ0) is 5.70. The van der Waals surface area contributed by atoms with Crippen LogP contribution in [0.1, 0.15) is 12.8 Å². The van der Waals surface area contributed by atoms with E-state index in [1.54, 1.807) is 0 Å². The quantitative estimate of drug-likeness (QED) is 0.406. The molecule has 52 valence electrons. The molecule has 0 heterocycles. The lowest BCUT2D eigenvalue weighted by Crippen LogP contribution is -2.13. The third-order valence-electron chi connectivity index (χ3n) is 0.684. The van der Waals surface area contributed by atoms with Gasteiger partial charge in [0.2, 0.25) is 0 Å². The van der Waals surface area contributed by atoms with E-state index in [1.807, 2.05) is 0 Å². The van der Waals surface area contributed by atoms with Crippen molar-refractivity contribution in [2.45, 2.75) is 18.3 Å². The summed E-state index contributed by atoms with van der Waals surface area (Å²) >= 11 is 5.38. The average Bonchev–Trinajstić information content (AvgIpc) is 1.61. The molecule has 0 fully saturated rings. The molecule has 0 saturated carbocycles. The zero-order valence-corrected chi connectivity index (χ0v) is 5.49. The first-order valence-electron chi connectivity index (χ1n) is 2.37. The summed E-state index contributed by atoms with van der Waals surface area (Å²) in [7, 11) is 0. The summed E-state index contributed by atoms with van der Waals surface area (Å²) in [4.78, 5) is 0. The van der Waals surface area contributed by atoms with Crippen molar-refractivity contribution >= 4 is 11.6 Å². The molecule has 1 unspecified atom stereocenters. The monoisotopic (exact) mass is 140 g/mol. The fraction of sp³-hybridized carbons (Fsp3) is 1.00. The van der Waals surface area contributed by atoms with Gasteiger partial charge in [0.25, 0.3) is 0 Å². The Bertz CT molecular complexity index is 43.0. The molecule has 0 aromatic carbocycles. The summed E-state index contributed by atoms with van der Waals surface area (Å²) in [5, 5.41) is 0. The van der Waals surface area contributed by atoms with Gasteiger partial charge in [-0.2, -0.15) is 0 Å². The van der Waals surface area contributed by atoms with Crippen molar-refractivity contribution in [1.82, 2.24) is 0 Å². The summed E-state index contributed by atoms with van der Waals surface area (Å²) in [5.41, 5.74) is 10.1. The number of nitrogens with two attached hydrogens (primary N) is 2. The van der Waals surface area contributed by atoms with Crippen molar-refractivity contribution in [3.05, 3.63) is 0 Å². The van der Waals surface area contributed by atoms with Gasteiger partial charge in [0.05, 0.1) is 5.50 Å². The van der Waals surface area contributed by atoms with E-state index in [0.717, 1.165) is 12.8 Å². The fourth-order valence-corrected chi connectivity index (χ4v) is 0.467. The highest BCUT2D eigenvalue weighted by atomic mass is 35.5. The van der Waals surface area contributed by atoms with E-state index in [0.29, 0.717) is 6.54 Å². The van der Waals surface area contributed by atoms with Gasteiger partial charge in [-0.1, -0.05) is 0 Å². The topological polar surface area (TPSA) is 83.5 Å². The molecule has 0 aliphatic rings. The van der Waals surface area contributed by atoms with Gasteiger partial charge in [0.1, 0.15) is 0 Å². The molecule has 0 saturated heterocycles. The van der Waals surface area contributed by atoms with Crippen LogP contribution in [-0.2, 0) is 0 Å². The molecule has 0 radical (unpaired) electrons. The predicted molar refractivity (Wildman–Crippen MR) is 35.7 cm³/mol. The standard InChI is InChI=1S/C4H11ClN2.H2O/c5-4(7)2-1-3-6;/h4H,1-3,6-7H2;1H2. The van der Waals surface area contributed by atoms with Gasteiger partial charge in [-0.3, -0.25) is 0 Å². The minimum atomic E-state index is -0.205. The minimum absolute atomic E-state index is 0. The highest BCUT2D eigenvalue weighted by Crippen LogP contribution is 1.94. The lowest BCUT2D eigenvalue weighted by molar-refractivity contribution is 0.716. The first kappa shape index (κ1) is 11.0. The van der Waals surface area contributed by atoms with Crippen LogP contribution in [0.5, 0.6) is 0 Å². The summed E-state index contributed by atoms with van der Waals surface area (Å²) in [6.07, 6.45) is 1.74. The van der Waals surface area contributed by atoms with E-state index in [2.05, 4.69) is 0 Å². The van der Waals surface area contributed by atoms with E-state index >= 15 is 0 Å². The Morgan fingerprint density at radius 3 is 2.12 bits per heavy atom. The first-order valence-corrected chi connectivity index (χ1v) is 2.80. The number of rotatable bonds is 3. The van der Waals surface area contributed by atoms with Crippen LogP contribution in [0, 0.1) is 0 Å². The summed E-state index contributed by atoms with van der Waals surface area (Å²) < 4.78 is 0. The molecule has 3 nitrogen and oxygen atoms in total. The number of alkyl halides is 1. The number of hydrogen-bond donors (Lipinski definition) is 2. The third kappa shape index (κ3) is 9.48. The fourth-order valence-electron chi connectivity index (χ4n) is 0.313. The summed E-state index contributed by atoms with van der Waals surface area (Å²) in [6, 6.07) is 0. The third-order valence-corrected chi connectivity index (χ3v) is 0.902. The lowest BCUT2D eigenvalue weighted by atomic mass is 10.3. The Hall–Kier alpha value is 0.170. The normalized spacial score (nSPS) is 12.4. The van der Waals surface area contributed by atoms with E-state index < -0.39 is 0 Å². The number of halogens is 1. The Labute approximate surface area is 54.3 Å². The van der Waals surface area contributed by atoms with Crippen molar-refractivity contribution in [3.8, 4) is 0 Å². The molecule has 8 heavy (non-hydrogen) atoms. The van der Waals surface area contributed by atoms with Crippen molar-refractivity contribution in [2.24, 2.45) is 11.5 Å². The van der Waals surface area contributed by atoms with Crippen LogP contribution < -0.4 is 11.5 Å². The second-order valence-corrected chi connectivity index (χ2v) is 2.01. The highest BCUT2D eigenvalue weighted by Gasteiger charge is 1.91. The maximum Gasteiger partial charge on any atom is 0.0800 e. The van der Waals surface area contributed by atoms with E-state index in [-0.39, 0.29) is 11.0 Å². The smallest absolute Gasteiger partial charge is 0.0800 e. The maximum atomic E-state index is 5.38. The Morgan fingerprint density at radius 1 is 1.50 bits per heavy atom. The largest absolute Gasteiger partial charge is 0.412 e. The molecule has 0 aromatic rings. The summed E-state index contributed by atoms with van der Waals surface area (Å²) in [5.74, 6) is 0. The molecule has 0 aliphatic carbocycles.